The van der Waals surface area contributed by atoms with Crippen molar-refractivity contribution in [3.63, 3.8) is 0 Å². The summed E-state index contributed by atoms with van der Waals surface area (Å²) in [7, 11) is 2.13. The number of likely N-dealkylation sites (N-methyl/N-ethyl adjacent to an activating group) is 1. The highest BCUT2D eigenvalue weighted by Gasteiger charge is 2.17. The van der Waals surface area contributed by atoms with E-state index in [0.29, 0.717) is 6.54 Å². The topological polar surface area (TPSA) is 38.8 Å². The Kier molecular flexibility index (Phi) is 5.74. The second-order valence-corrected chi connectivity index (χ2v) is 7.34. The Morgan fingerprint density at radius 1 is 1.04 bits per heavy atom. The summed E-state index contributed by atoms with van der Waals surface area (Å²) in [5.41, 5.74) is 2.15. The fraction of sp³-hybridized carbons (Fsp3) is 0.632. The number of carbonyl (C=O) groups is 1. The lowest BCUT2D eigenvalue weighted by Gasteiger charge is -2.32. The van der Waals surface area contributed by atoms with E-state index >= 15 is 0 Å². The summed E-state index contributed by atoms with van der Waals surface area (Å²) in [6.07, 6.45) is 2.53. The van der Waals surface area contributed by atoms with E-state index in [2.05, 4.69) is 46.1 Å². The number of benzene rings is 1. The van der Waals surface area contributed by atoms with Crippen LogP contribution >= 0.6 is 0 Å². The zero-order valence-electron chi connectivity index (χ0n) is 15.0. The van der Waals surface area contributed by atoms with Crippen LogP contribution in [0.5, 0.6) is 0 Å². The van der Waals surface area contributed by atoms with Crippen LogP contribution in [0.25, 0.3) is 0 Å². The van der Waals surface area contributed by atoms with Gasteiger partial charge in [0.05, 0.1) is 6.54 Å². The summed E-state index contributed by atoms with van der Waals surface area (Å²) < 4.78 is 0. The van der Waals surface area contributed by atoms with Gasteiger partial charge in [-0.2, -0.15) is 0 Å². The van der Waals surface area contributed by atoms with Gasteiger partial charge in [0.1, 0.15) is 0 Å². The zero-order valence-corrected chi connectivity index (χ0v) is 15.0. The molecule has 5 heteroatoms. The molecular formula is C19H30N4O. The molecule has 24 heavy (non-hydrogen) atoms. The van der Waals surface area contributed by atoms with Gasteiger partial charge < -0.3 is 15.1 Å². The molecule has 2 aliphatic rings. The monoisotopic (exact) mass is 330 g/mol. The molecule has 2 heterocycles. The van der Waals surface area contributed by atoms with Crippen LogP contribution in [0, 0.1) is 5.92 Å². The number of amides is 1. The predicted molar refractivity (Wildman–Crippen MR) is 99.6 cm³/mol. The highest BCUT2D eigenvalue weighted by atomic mass is 16.2. The lowest BCUT2D eigenvalue weighted by atomic mass is 9.99. The number of piperidine rings is 1. The summed E-state index contributed by atoms with van der Waals surface area (Å²) in [4.78, 5) is 19.2. The lowest BCUT2D eigenvalue weighted by molar-refractivity contribution is -0.117. The standard InChI is InChI=1S/C19H30N4O/c1-16-7-9-23(10-8-16)18-5-3-17(4-6-18)20-19(24)15-22-13-11-21(2)12-14-22/h3-6,16H,7-15H2,1-2H3,(H,20,24). The van der Waals surface area contributed by atoms with Crippen LogP contribution in [0.3, 0.4) is 0 Å². The van der Waals surface area contributed by atoms with Crippen LogP contribution in [0.15, 0.2) is 24.3 Å². The van der Waals surface area contributed by atoms with Gasteiger partial charge in [-0.15, -0.1) is 0 Å². The van der Waals surface area contributed by atoms with Crippen molar-refractivity contribution in [1.82, 2.24) is 9.80 Å². The molecule has 0 unspecified atom stereocenters. The number of nitrogens with one attached hydrogen (secondary N) is 1. The third kappa shape index (κ3) is 4.71. The Bertz CT molecular complexity index is 529. The highest BCUT2D eigenvalue weighted by molar-refractivity contribution is 5.92. The normalized spacial score (nSPS) is 21.0. The second kappa shape index (κ2) is 7.99. The molecule has 1 aromatic carbocycles. The minimum absolute atomic E-state index is 0.0825. The summed E-state index contributed by atoms with van der Waals surface area (Å²) in [5, 5.41) is 3.02. The van der Waals surface area contributed by atoms with Gasteiger partial charge in [-0.25, -0.2) is 0 Å². The van der Waals surface area contributed by atoms with Crippen LogP contribution in [0.2, 0.25) is 0 Å². The number of nitrogens with zero attached hydrogens (tertiary/aromatic N) is 3. The van der Waals surface area contributed by atoms with Gasteiger partial charge in [0.25, 0.3) is 0 Å². The van der Waals surface area contributed by atoms with E-state index in [1.807, 2.05) is 12.1 Å². The minimum Gasteiger partial charge on any atom is -0.372 e. The third-order valence-corrected chi connectivity index (χ3v) is 5.26. The fourth-order valence-corrected chi connectivity index (χ4v) is 3.43. The van der Waals surface area contributed by atoms with Crippen molar-refractivity contribution in [3.05, 3.63) is 24.3 Å². The lowest BCUT2D eigenvalue weighted by Crippen LogP contribution is -2.47. The molecule has 0 aromatic heterocycles. The zero-order chi connectivity index (χ0) is 16.9. The third-order valence-electron chi connectivity index (χ3n) is 5.26. The Labute approximate surface area is 145 Å². The molecule has 0 bridgehead atoms. The van der Waals surface area contributed by atoms with Crippen LogP contribution < -0.4 is 10.2 Å². The quantitative estimate of drug-likeness (QED) is 0.918. The highest BCUT2D eigenvalue weighted by Crippen LogP contribution is 2.24. The molecule has 2 fully saturated rings. The summed E-state index contributed by atoms with van der Waals surface area (Å²) in [6.45, 7) is 9.10. The molecule has 1 N–H and O–H groups in total. The fourth-order valence-electron chi connectivity index (χ4n) is 3.43. The van der Waals surface area contributed by atoms with Gasteiger partial charge in [-0.05, 0) is 50.1 Å². The van der Waals surface area contributed by atoms with E-state index < -0.39 is 0 Å². The Morgan fingerprint density at radius 2 is 1.67 bits per heavy atom. The minimum atomic E-state index is 0.0825. The van der Waals surface area contributed by atoms with Gasteiger partial charge in [-0.1, -0.05) is 6.92 Å². The number of rotatable bonds is 4. The molecule has 1 amide bonds. The van der Waals surface area contributed by atoms with Crippen LogP contribution in [0.4, 0.5) is 11.4 Å². The molecule has 2 aliphatic heterocycles. The van der Waals surface area contributed by atoms with Gasteiger partial charge in [0, 0.05) is 50.6 Å². The molecule has 0 aliphatic carbocycles. The van der Waals surface area contributed by atoms with Gasteiger partial charge in [-0.3, -0.25) is 9.69 Å². The number of hydrogen-bond donors (Lipinski definition) is 1. The maximum Gasteiger partial charge on any atom is 0.238 e. The van der Waals surface area contributed by atoms with E-state index in [-0.39, 0.29) is 5.91 Å². The van der Waals surface area contributed by atoms with Crippen molar-refractivity contribution in [2.45, 2.75) is 19.8 Å². The smallest absolute Gasteiger partial charge is 0.238 e. The first kappa shape index (κ1) is 17.2. The van der Waals surface area contributed by atoms with Crippen LogP contribution in [-0.4, -0.2) is 68.6 Å². The number of carbonyl (C=O) groups excluding carboxylic acids is 1. The molecule has 0 spiro atoms. The molecule has 0 radical (unpaired) electrons. The maximum atomic E-state index is 12.2. The van der Waals surface area contributed by atoms with Crippen LogP contribution in [-0.2, 0) is 4.79 Å². The molecule has 5 nitrogen and oxygen atoms in total. The first-order valence-electron chi connectivity index (χ1n) is 9.16. The summed E-state index contributed by atoms with van der Waals surface area (Å²) in [6, 6.07) is 8.30. The largest absolute Gasteiger partial charge is 0.372 e. The number of hydrogen-bond acceptors (Lipinski definition) is 4. The van der Waals surface area contributed by atoms with E-state index in [1.54, 1.807) is 0 Å². The Hall–Kier alpha value is -1.59. The van der Waals surface area contributed by atoms with E-state index in [4.69, 9.17) is 0 Å². The molecule has 2 saturated heterocycles. The van der Waals surface area contributed by atoms with Crippen molar-refractivity contribution in [3.8, 4) is 0 Å². The molecule has 0 saturated carbocycles. The van der Waals surface area contributed by atoms with Crippen molar-refractivity contribution < 1.29 is 4.79 Å². The van der Waals surface area contributed by atoms with Gasteiger partial charge >= 0.3 is 0 Å². The summed E-state index contributed by atoms with van der Waals surface area (Å²) in [5.74, 6) is 0.925. The first-order chi connectivity index (χ1) is 11.6. The molecule has 3 rings (SSSR count). The van der Waals surface area contributed by atoms with E-state index in [1.165, 1.54) is 18.5 Å². The number of piperazine rings is 1. The van der Waals surface area contributed by atoms with Gasteiger partial charge in [0.15, 0.2) is 0 Å². The summed E-state index contributed by atoms with van der Waals surface area (Å²) >= 11 is 0. The van der Waals surface area contributed by atoms with Crippen molar-refractivity contribution >= 4 is 17.3 Å². The van der Waals surface area contributed by atoms with Crippen molar-refractivity contribution in [2.24, 2.45) is 5.92 Å². The first-order valence-corrected chi connectivity index (χ1v) is 9.16. The van der Waals surface area contributed by atoms with E-state index in [0.717, 1.165) is 50.9 Å². The average Bonchev–Trinajstić information content (AvgIpc) is 2.58. The SMILES string of the molecule is CC1CCN(c2ccc(NC(=O)CN3CCN(C)CC3)cc2)CC1. The second-order valence-electron chi connectivity index (χ2n) is 7.34. The Balaban J connectivity index is 1.48. The maximum absolute atomic E-state index is 12.2. The van der Waals surface area contributed by atoms with Crippen molar-refractivity contribution in [2.75, 3.05) is 63.1 Å². The molecule has 1 aromatic rings. The molecule has 132 valence electrons. The molecule has 0 atom stereocenters. The van der Waals surface area contributed by atoms with Gasteiger partial charge in [0.2, 0.25) is 5.91 Å². The predicted octanol–water partition coefficient (Wildman–Crippen LogP) is 2.11. The number of anilines is 2. The van der Waals surface area contributed by atoms with Crippen LogP contribution in [0.1, 0.15) is 19.8 Å². The molecular weight excluding hydrogens is 300 g/mol. The Morgan fingerprint density at radius 3 is 2.29 bits per heavy atom. The average molecular weight is 330 g/mol. The van der Waals surface area contributed by atoms with Crippen molar-refractivity contribution in [1.29, 1.82) is 0 Å². The van der Waals surface area contributed by atoms with E-state index in [9.17, 15) is 4.79 Å².